The molecule has 5 nitrogen and oxygen atoms in total. The minimum Gasteiger partial charge on any atom is -0.505 e. The number of rotatable bonds is 5. The molecule has 136 valence electrons. The summed E-state index contributed by atoms with van der Waals surface area (Å²) in [6.45, 7) is 1.86. The number of amides is 1. The molecule has 6 heteroatoms. The van der Waals surface area contributed by atoms with E-state index in [1.807, 2.05) is 13.0 Å². The van der Waals surface area contributed by atoms with Gasteiger partial charge in [0, 0.05) is 29.0 Å². The Morgan fingerprint density at radius 3 is 2.78 bits per heavy atom. The second-order valence-electron chi connectivity index (χ2n) is 6.33. The zero-order chi connectivity index (χ0) is 19.6. The van der Waals surface area contributed by atoms with Gasteiger partial charge in [0.05, 0.1) is 16.7 Å². The molecule has 0 saturated heterocycles. The van der Waals surface area contributed by atoms with Crippen molar-refractivity contribution >= 4 is 28.4 Å². The van der Waals surface area contributed by atoms with Crippen LogP contribution in [0.15, 0.2) is 48.7 Å². The number of pyridine rings is 1. The summed E-state index contributed by atoms with van der Waals surface area (Å²) < 4.78 is 0. The number of hydrogen-bond acceptors (Lipinski definition) is 4. The number of phenolic OH excluding ortho intramolecular Hbond substituents is 1. The van der Waals surface area contributed by atoms with E-state index in [9.17, 15) is 15.2 Å². The molecule has 0 saturated carbocycles. The minimum atomic E-state index is -0.581. The van der Waals surface area contributed by atoms with E-state index in [4.69, 9.17) is 17.3 Å². The molecule has 1 heterocycles. The molecule has 0 bridgehead atoms. The van der Waals surface area contributed by atoms with Crippen LogP contribution in [0, 0.1) is 17.2 Å². The number of benzene rings is 2. The third kappa shape index (κ3) is 3.44. The first-order valence-electron chi connectivity index (χ1n) is 8.53. The number of nitrogens with two attached hydrogens (primary N) is 1. The van der Waals surface area contributed by atoms with Crippen molar-refractivity contribution in [2.45, 2.75) is 19.3 Å². The summed E-state index contributed by atoms with van der Waals surface area (Å²) in [7, 11) is 0. The number of aromatic hydroxyl groups is 1. The van der Waals surface area contributed by atoms with Gasteiger partial charge in [-0.2, -0.15) is 5.26 Å². The SMILES string of the molecule is CCC(C(N)=O)C(c1cccc(C#N)c1)c1cc(Cl)c2cccnc2c1O. The van der Waals surface area contributed by atoms with Crippen molar-refractivity contribution in [3.05, 3.63) is 70.4 Å². The molecule has 0 fully saturated rings. The molecule has 3 N–H and O–H groups in total. The van der Waals surface area contributed by atoms with E-state index >= 15 is 0 Å². The topological polar surface area (TPSA) is 100 Å². The Morgan fingerprint density at radius 2 is 2.11 bits per heavy atom. The highest BCUT2D eigenvalue weighted by atomic mass is 35.5. The van der Waals surface area contributed by atoms with Crippen LogP contribution in [-0.2, 0) is 4.79 Å². The molecule has 2 atom stereocenters. The number of halogens is 1. The van der Waals surface area contributed by atoms with E-state index in [2.05, 4.69) is 11.1 Å². The van der Waals surface area contributed by atoms with E-state index in [0.29, 0.717) is 39.0 Å². The number of hydrogen-bond donors (Lipinski definition) is 2. The molecular weight excluding hydrogens is 362 g/mol. The molecule has 0 spiro atoms. The zero-order valence-corrected chi connectivity index (χ0v) is 15.4. The molecule has 3 rings (SSSR count). The summed E-state index contributed by atoms with van der Waals surface area (Å²) in [5.74, 6) is -1.66. The van der Waals surface area contributed by atoms with E-state index < -0.39 is 17.7 Å². The van der Waals surface area contributed by atoms with Crippen LogP contribution in [0.2, 0.25) is 5.02 Å². The Morgan fingerprint density at radius 1 is 1.33 bits per heavy atom. The van der Waals surface area contributed by atoms with Crippen LogP contribution in [-0.4, -0.2) is 16.0 Å². The van der Waals surface area contributed by atoms with Crippen LogP contribution < -0.4 is 5.73 Å². The summed E-state index contributed by atoms with van der Waals surface area (Å²) in [5.41, 5.74) is 7.66. The maximum absolute atomic E-state index is 12.2. The quantitative estimate of drug-likeness (QED) is 0.696. The van der Waals surface area contributed by atoms with Gasteiger partial charge in [-0.15, -0.1) is 0 Å². The van der Waals surface area contributed by atoms with E-state index in [-0.39, 0.29) is 5.75 Å². The lowest BCUT2D eigenvalue weighted by molar-refractivity contribution is -0.122. The minimum absolute atomic E-state index is 0.0398. The first-order chi connectivity index (χ1) is 13.0. The van der Waals surface area contributed by atoms with Crippen molar-refractivity contribution in [2.75, 3.05) is 0 Å². The second-order valence-corrected chi connectivity index (χ2v) is 6.74. The Labute approximate surface area is 162 Å². The highest BCUT2D eigenvalue weighted by molar-refractivity contribution is 6.35. The first kappa shape index (κ1) is 18.7. The summed E-state index contributed by atoms with van der Waals surface area (Å²) >= 11 is 6.43. The number of carbonyl (C=O) groups excluding carboxylic acids is 1. The van der Waals surface area contributed by atoms with Crippen LogP contribution in [0.1, 0.15) is 36.0 Å². The van der Waals surface area contributed by atoms with Gasteiger partial charge >= 0.3 is 0 Å². The molecule has 1 aromatic heterocycles. The largest absolute Gasteiger partial charge is 0.505 e. The van der Waals surface area contributed by atoms with Crippen LogP contribution in [0.4, 0.5) is 0 Å². The monoisotopic (exact) mass is 379 g/mol. The summed E-state index contributed by atoms with van der Waals surface area (Å²) in [6, 6.07) is 14.2. The smallest absolute Gasteiger partial charge is 0.221 e. The highest BCUT2D eigenvalue weighted by Crippen LogP contribution is 2.43. The number of nitriles is 1. The molecule has 0 aliphatic rings. The first-order valence-corrected chi connectivity index (χ1v) is 8.91. The third-order valence-electron chi connectivity index (χ3n) is 4.76. The summed E-state index contributed by atoms with van der Waals surface area (Å²) in [4.78, 5) is 16.4. The van der Waals surface area contributed by atoms with Crippen LogP contribution in [0.5, 0.6) is 5.75 Å². The molecule has 0 radical (unpaired) electrons. The number of aromatic nitrogens is 1. The van der Waals surface area contributed by atoms with Crippen molar-refractivity contribution in [2.24, 2.45) is 11.7 Å². The average molecular weight is 380 g/mol. The number of carbonyl (C=O) groups is 1. The molecule has 2 unspecified atom stereocenters. The maximum Gasteiger partial charge on any atom is 0.221 e. The van der Waals surface area contributed by atoms with E-state index in [0.717, 1.165) is 0 Å². The van der Waals surface area contributed by atoms with Crippen LogP contribution >= 0.6 is 11.6 Å². The molecular formula is C21H18ClN3O2. The lowest BCUT2D eigenvalue weighted by Crippen LogP contribution is -2.29. The second kappa shape index (κ2) is 7.65. The molecule has 2 aromatic carbocycles. The molecule has 27 heavy (non-hydrogen) atoms. The number of primary amides is 1. The Bertz CT molecular complexity index is 1060. The highest BCUT2D eigenvalue weighted by Gasteiger charge is 2.31. The molecule has 0 aliphatic carbocycles. The Hall–Kier alpha value is -3.10. The van der Waals surface area contributed by atoms with E-state index in [1.54, 1.807) is 42.6 Å². The molecule has 0 aliphatic heterocycles. The van der Waals surface area contributed by atoms with Gasteiger partial charge in [-0.1, -0.05) is 30.7 Å². The van der Waals surface area contributed by atoms with Gasteiger partial charge in [-0.3, -0.25) is 9.78 Å². The lowest BCUT2D eigenvalue weighted by Gasteiger charge is -2.26. The van der Waals surface area contributed by atoms with Crippen molar-refractivity contribution < 1.29 is 9.90 Å². The van der Waals surface area contributed by atoms with Gasteiger partial charge in [0.1, 0.15) is 11.3 Å². The van der Waals surface area contributed by atoms with Crippen molar-refractivity contribution in [3.8, 4) is 11.8 Å². The fourth-order valence-electron chi connectivity index (χ4n) is 3.47. The molecule has 1 amide bonds. The maximum atomic E-state index is 12.2. The Kier molecular flexibility index (Phi) is 5.29. The van der Waals surface area contributed by atoms with Crippen molar-refractivity contribution in [3.63, 3.8) is 0 Å². The van der Waals surface area contributed by atoms with Gasteiger partial charge in [0.2, 0.25) is 5.91 Å². The van der Waals surface area contributed by atoms with Crippen LogP contribution in [0.3, 0.4) is 0 Å². The van der Waals surface area contributed by atoms with Gasteiger partial charge in [-0.25, -0.2) is 0 Å². The third-order valence-corrected chi connectivity index (χ3v) is 5.08. The fraction of sp³-hybridized carbons (Fsp3) is 0.190. The zero-order valence-electron chi connectivity index (χ0n) is 14.7. The Balaban J connectivity index is 2.31. The standard InChI is InChI=1S/C21H18ClN3O2/c1-2-14(21(24)27)18(13-6-3-5-12(9-13)11-23)16-10-17(22)15-7-4-8-25-19(15)20(16)26/h3-10,14,18,26H,2H2,1H3,(H2,24,27). The number of nitrogens with zero attached hydrogens (tertiary/aromatic N) is 2. The van der Waals surface area contributed by atoms with Crippen molar-refractivity contribution in [1.29, 1.82) is 5.26 Å². The number of fused-ring (bicyclic) bond motifs is 1. The predicted molar refractivity (Wildman–Crippen MR) is 104 cm³/mol. The number of phenols is 1. The van der Waals surface area contributed by atoms with E-state index in [1.165, 1.54) is 0 Å². The summed E-state index contributed by atoms with van der Waals surface area (Å²) in [6.07, 6.45) is 2.03. The van der Waals surface area contributed by atoms with Gasteiger partial charge < -0.3 is 10.8 Å². The van der Waals surface area contributed by atoms with Gasteiger partial charge in [-0.05, 0) is 42.3 Å². The van der Waals surface area contributed by atoms with Crippen molar-refractivity contribution in [1.82, 2.24) is 4.98 Å². The molecule has 3 aromatic rings. The normalized spacial score (nSPS) is 13.1. The predicted octanol–water partition coefficient (Wildman–Crippen LogP) is 4.11. The average Bonchev–Trinajstić information content (AvgIpc) is 2.69. The van der Waals surface area contributed by atoms with Crippen LogP contribution in [0.25, 0.3) is 10.9 Å². The summed E-state index contributed by atoms with van der Waals surface area (Å²) in [5, 5.41) is 21.2. The van der Waals surface area contributed by atoms with Gasteiger partial charge in [0.15, 0.2) is 0 Å². The fourth-order valence-corrected chi connectivity index (χ4v) is 3.74. The lowest BCUT2D eigenvalue weighted by atomic mass is 9.78. The van der Waals surface area contributed by atoms with Gasteiger partial charge in [0.25, 0.3) is 0 Å².